The molecule has 6 nitrogen and oxygen atoms in total. The number of anilines is 1. The largest absolute Gasteiger partial charge is 0.274 e. The fourth-order valence-corrected chi connectivity index (χ4v) is 7.83. The number of para-hydroxylation sites is 1. The number of sulfonamides is 1. The first-order chi connectivity index (χ1) is 18.3. The number of carbonyl (C=O) groups excluding carboxylic acids is 2. The minimum absolute atomic E-state index is 0.151. The van der Waals surface area contributed by atoms with Crippen molar-refractivity contribution < 1.29 is 18.0 Å². The molecule has 1 aliphatic carbocycles. The fourth-order valence-electron chi connectivity index (χ4n) is 6.39. The van der Waals surface area contributed by atoms with Crippen molar-refractivity contribution >= 4 is 27.5 Å². The Bertz CT molecular complexity index is 1500. The van der Waals surface area contributed by atoms with Crippen molar-refractivity contribution in [1.29, 1.82) is 0 Å². The van der Waals surface area contributed by atoms with Crippen LogP contribution in [0.4, 0.5) is 5.69 Å². The fraction of sp³-hybridized carbons (Fsp3) is 0.290. The zero-order valence-electron chi connectivity index (χ0n) is 21.2. The van der Waals surface area contributed by atoms with Crippen LogP contribution in [0.2, 0.25) is 0 Å². The van der Waals surface area contributed by atoms with E-state index >= 15 is 0 Å². The molecule has 0 N–H and O–H groups in total. The number of amides is 2. The van der Waals surface area contributed by atoms with E-state index in [4.69, 9.17) is 0 Å². The number of imide groups is 1. The Morgan fingerprint density at radius 3 is 2.13 bits per heavy atom. The first kappa shape index (κ1) is 24.8. The third-order valence-electron chi connectivity index (χ3n) is 8.23. The molecule has 2 heterocycles. The third kappa shape index (κ3) is 4.20. The highest BCUT2D eigenvalue weighted by Crippen LogP contribution is 2.49. The molecule has 6 rings (SSSR count). The summed E-state index contributed by atoms with van der Waals surface area (Å²) in [5.74, 6) is -1.62. The van der Waals surface area contributed by atoms with E-state index in [1.807, 2.05) is 55.5 Å². The van der Waals surface area contributed by atoms with Crippen molar-refractivity contribution in [3.05, 3.63) is 108 Å². The molecule has 0 unspecified atom stereocenters. The standard InChI is InChI=1S/C31H30N2O4S/c1-21-12-14-26(15-13-21)38(36,37)32-17-16-27-24(20-32)19-23(18-22-8-4-2-5-9-22)28-29(27)31(35)33(30(28)34)25-10-6-3-7-11-25/h2-15,19,23,27-29H,16-18,20H2,1H3/t23-,27+,28-,29+/m1/s1. The predicted octanol–water partition coefficient (Wildman–Crippen LogP) is 4.61. The lowest BCUT2D eigenvalue weighted by Crippen LogP contribution is -2.46. The second-order valence-electron chi connectivity index (χ2n) is 10.5. The first-order valence-electron chi connectivity index (χ1n) is 13.1. The molecule has 4 atom stereocenters. The summed E-state index contributed by atoms with van der Waals surface area (Å²) < 4.78 is 28.5. The van der Waals surface area contributed by atoms with Crippen molar-refractivity contribution in [2.45, 2.75) is 24.7 Å². The van der Waals surface area contributed by atoms with E-state index in [-0.39, 0.29) is 35.1 Å². The van der Waals surface area contributed by atoms with Gasteiger partial charge in [-0.2, -0.15) is 4.31 Å². The van der Waals surface area contributed by atoms with E-state index < -0.39 is 21.9 Å². The van der Waals surface area contributed by atoms with E-state index in [0.717, 1.165) is 16.7 Å². The lowest BCUT2D eigenvalue weighted by Gasteiger charge is -2.42. The van der Waals surface area contributed by atoms with Gasteiger partial charge in [-0.1, -0.05) is 77.9 Å². The molecule has 0 bridgehead atoms. The highest BCUT2D eigenvalue weighted by Gasteiger charge is 2.57. The second kappa shape index (κ2) is 9.64. The summed E-state index contributed by atoms with van der Waals surface area (Å²) in [5.41, 5.74) is 3.63. The molecular formula is C31H30N2O4S. The van der Waals surface area contributed by atoms with Gasteiger partial charge in [-0.3, -0.25) is 14.5 Å². The van der Waals surface area contributed by atoms with Crippen molar-refractivity contribution in [3.63, 3.8) is 0 Å². The summed E-state index contributed by atoms with van der Waals surface area (Å²) in [7, 11) is -3.68. The van der Waals surface area contributed by atoms with Crippen LogP contribution in [0.5, 0.6) is 0 Å². The molecule has 3 aliphatic rings. The molecule has 3 aromatic carbocycles. The molecule has 2 saturated heterocycles. The third-order valence-corrected chi connectivity index (χ3v) is 10.1. The summed E-state index contributed by atoms with van der Waals surface area (Å²) >= 11 is 0. The number of hydrogen-bond donors (Lipinski definition) is 0. The monoisotopic (exact) mass is 526 g/mol. The summed E-state index contributed by atoms with van der Waals surface area (Å²) in [6.07, 6.45) is 3.23. The van der Waals surface area contributed by atoms with E-state index in [9.17, 15) is 18.0 Å². The number of fused-ring (bicyclic) bond motifs is 3. The van der Waals surface area contributed by atoms with Crippen molar-refractivity contribution in [2.75, 3.05) is 18.0 Å². The summed E-state index contributed by atoms with van der Waals surface area (Å²) in [4.78, 5) is 29.4. The highest BCUT2D eigenvalue weighted by molar-refractivity contribution is 7.89. The van der Waals surface area contributed by atoms with Crippen LogP contribution in [0.3, 0.4) is 0 Å². The smallest absolute Gasteiger partial charge is 0.243 e. The van der Waals surface area contributed by atoms with Crippen LogP contribution in [-0.4, -0.2) is 37.6 Å². The SMILES string of the molecule is Cc1ccc(S(=O)(=O)N2CC[C@H]3C(=C[C@@H](Cc4ccccc4)[C@H]4C(=O)N(c5ccccc5)C(=O)[C@H]43)C2)cc1. The molecule has 7 heteroatoms. The van der Waals surface area contributed by atoms with E-state index in [2.05, 4.69) is 6.08 Å². The minimum Gasteiger partial charge on any atom is -0.274 e. The summed E-state index contributed by atoms with van der Waals surface area (Å²) in [6, 6.07) is 26.0. The van der Waals surface area contributed by atoms with Crippen molar-refractivity contribution in [3.8, 4) is 0 Å². The van der Waals surface area contributed by atoms with Gasteiger partial charge in [0.15, 0.2) is 0 Å². The number of hydrogen-bond acceptors (Lipinski definition) is 4. The van der Waals surface area contributed by atoms with Gasteiger partial charge in [-0.05, 0) is 61.4 Å². The normalized spacial score (nSPS) is 25.6. The molecule has 3 aromatic rings. The maximum atomic E-state index is 13.9. The maximum Gasteiger partial charge on any atom is 0.243 e. The Balaban J connectivity index is 1.37. The highest BCUT2D eigenvalue weighted by atomic mass is 32.2. The topological polar surface area (TPSA) is 74.8 Å². The maximum absolute atomic E-state index is 13.9. The van der Waals surface area contributed by atoms with Gasteiger partial charge in [-0.15, -0.1) is 0 Å². The Morgan fingerprint density at radius 2 is 1.45 bits per heavy atom. The number of allylic oxidation sites excluding steroid dienone is 1. The number of rotatable bonds is 5. The molecule has 0 spiro atoms. The molecule has 2 fully saturated rings. The summed E-state index contributed by atoms with van der Waals surface area (Å²) in [5, 5.41) is 0. The van der Waals surface area contributed by atoms with Crippen LogP contribution in [-0.2, 0) is 26.0 Å². The van der Waals surface area contributed by atoms with Gasteiger partial charge in [0.1, 0.15) is 0 Å². The predicted molar refractivity (Wildman–Crippen MR) is 146 cm³/mol. The summed E-state index contributed by atoms with van der Waals surface area (Å²) in [6.45, 7) is 2.48. The van der Waals surface area contributed by atoms with Crippen molar-refractivity contribution in [2.24, 2.45) is 23.7 Å². The number of piperidine rings is 1. The lowest BCUT2D eigenvalue weighted by atomic mass is 9.65. The van der Waals surface area contributed by atoms with Gasteiger partial charge >= 0.3 is 0 Å². The van der Waals surface area contributed by atoms with Gasteiger partial charge in [0.2, 0.25) is 21.8 Å². The molecule has 2 aliphatic heterocycles. The molecule has 38 heavy (non-hydrogen) atoms. The van der Waals surface area contributed by atoms with Crippen LogP contribution < -0.4 is 4.90 Å². The average molecular weight is 527 g/mol. The number of benzene rings is 3. The Labute approximate surface area is 223 Å². The Morgan fingerprint density at radius 1 is 0.816 bits per heavy atom. The molecule has 0 aromatic heterocycles. The number of carbonyl (C=O) groups is 2. The quantitative estimate of drug-likeness (QED) is 0.360. The Kier molecular flexibility index (Phi) is 6.28. The van der Waals surface area contributed by atoms with Gasteiger partial charge in [0.25, 0.3) is 0 Å². The number of nitrogens with zero attached hydrogens (tertiary/aromatic N) is 2. The van der Waals surface area contributed by atoms with E-state index in [1.165, 1.54) is 9.21 Å². The average Bonchev–Trinajstić information content (AvgIpc) is 3.20. The zero-order valence-corrected chi connectivity index (χ0v) is 22.1. The van der Waals surface area contributed by atoms with Gasteiger partial charge in [-0.25, -0.2) is 8.42 Å². The first-order valence-corrected chi connectivity index (χ1v) is 14.5. The van der Waals surface area contributed by atoms with E-state index in [1.54, 1.807) is 36.4 Å². The van der Waals surface area contributed by atoms with Crippen LogP contribution in [0, 0.1) is 30.6 Å². The van der Waals surface area contributed by atoms with Crippen LogP contribution in [0.1, 0.15) is 17.5 Å². The zero-order chi connectivity index (χ0) is 26.4. The van der Waals surface area contributed by atoms with E-state index in [0.29, 0.717) is 25.1 Å². The minimum atomic E-state index is -3.68. The lowest BCUT2D eigenvalue weighted by molar-refractivity contribution is -0.123. The molecule has 2 amide bonds. The van der Waals surface area contributed by atoms with Crippen LogP contribution in [0.25, 0.3) is 0 Å². The Hall–Kier alpha value is -3.55. The second-order valence-corrected chi connectivity index (χ2v) is 12.5. The van der Waals surface area contributed by atoms with Gasteiger partial charge in [0.05, 0.1) is 22.4 Å². The molecule has 0 radical (unpaired) electrons. The van der Waals surface area contributed by atoms with Crippen molar-refractivity contribution in [1.82, 2.24) is 4.31 Å². The van der Waals surface area contributed by atoms with Crippen LogP contribution in [0.15, 0.2) is 101 Å². The molecular weight excluding hydrogens is 496 g/mol. The molecule has 0 saturated carbocycles. The van der Waals surface area contributed by atoms with Gasteiger partial charge < -0.3 is 0 Å². The van der Waals surface area contributed by atoms with Crippen LogP contribution >= 0.6 is 0 Å². The number of aryl methyl sites for hydroxylation is 1. The molecule has 194 valence electrons. The van der Waals surface area contributed by atoms with Gasteiger partial charge in [0, 0.05) is 13.1 Å².